The first kappa shape index (κ1) is 18.4. The maximum atomic E-state index is 12.9. The molecule has 1 heterocycles. The second-order valence-corrected chi connectivity index (χ2v) is 6.68. The molecule has 0 aliphatic carbocycles. The first-order chi connectivity index (χ1) is 12.9. The van der Waals surface area contributed by atoms with E-state index >= 15 is 0 Å². The highest BCUT2D eigenvalue weighted by atomic mass is 16.5. The summed E-state index contributed by atoms with van der Waals surface area (Å²) in [6.45, 7) is 7.48. The molecular formula is C22H21N3O2. The van der Waals surface area contributed by atoms with Gasteiger partial charge in [-0.2, -0.15) is 10.4 Å². The van der Waals surface area contributed by atoms with Gasteiger partial charge in [0.15, 0.2) is 0 Å². The summed E-state index contributed by atoms with van der Waals surface area (Å²) >= 11 is 0. The molecule has 5 nitrogen and oxygen atoms in total. The molecule has 3 aromatic rings. The smallest absolute Gasteiger partial charge is 0.289 e. The average molecular weight is 359 g/mol. The van der Waals surface area contributed by atoms with E-state index in [-0.39, 0.29) is 11.7 Å². The van der Waals surface area contributed by atoms with Gasteiger partial charge >= 0.3 is 0 Å². The van der Waals surface area contributed by atoms with Gasteiger partial charge in [-0.15, -0.1) is 0 Å². The second-order valence-electron chi connectivity index (χ2n) is 6.68. The maximum Gasteiger partial charge on any atom is 0.289 e. The van der Waals surface area contributed by atoms with Crippen LogP contribution < -0.4 is 4.74 Å². The fraction of sp³-hybridized carbons (Fsp3) is 0.227. The van der Waals surface area contributed by atoms with E-state index in [9.17, 15) is 10.1 Å². The number of rotatable bonds is 4. The van der Waals surface area contributed by atoms with Crippen molar-refractivity contribution in [3.63, 3.8) is 0 Å². The van der Waals surface area contributed by atoms with E-state index in [1.807, 2.05) is 63.2 Å². The SMILES string of the molecule is Cc1cc(C)n(C(=O)/C(C#N)=C/c2c(OC(C)C)ccc3ccccc23)n1. The Hall–Kier alpha value is -3.39. The Kier molecular flexibility index (Phi) is 5.09. The number of hydrogen-bond donors (Lipinski definition) is 0. The molecule has 2 aromatic carbocycles. The first-order valence-electron chi connectivity index (χ1n) is 8.79. The Labute approximate surface area is 158 Å². The molecule has 3 rings (SSSR count). The van der Waals surface area contributed by atoms with Gasteiger partial charge in [0.05, 0.1) is 11.8 Å². The summed E-state index contributed by atoms with van der Waals surface area (Å²) < 4.78 is 7.19. The van der Waals surface area contributed by atoms with Crippen LogP contribution in [0.4, 0.5) is 0 Å². The molecule has 0 aliphatic heterocycles. The van der Waals surface area contributed by atoms with Crippen LogP contribution in [0.1, 0.15) is 35.6 Å². The lowest BCUT2D eigenvalue weighted by Crippen LogP contribution is -2.16. The molecule has 0 atom stereocenters. The summed E-state index contributed by atoms with van der Waals surface area (Å²) in [5, 5.41) is 15.8. The van der Waals surface area contributed by atoms with Gasteiger partial charge in [0, 0.05) is 11.3 Å². The zero-order chi connectivity index (χ0) is 19.6. The van der Waals surface area contributed by atoms with E-state index in [1.54, 1.807) is 19.1 Å². The summed E-state index contributed by atoms with van der Waals surface area (Å²) in [5.74, 6) is 0.184. The first-order valence-corrected chi connectivity index (χ1v) is 8.79. The third-order valence-electron chi connectivity index (χ3n) is 4.13. The third kappa shape index (κ3) is 3.75. The van der Waals surface area contributed by atoms with Gasteiger partial charge < -0.3 is 4.74 Å². The number of carbonyl (C=O) groups excluding carboxylic acids is 1. The van der Waals surface area contributed by atoms with Gasteiger partial charge in [-0.25, -0.2) is 4.68 Å². The summed E-state index contributed by atoms with van der Waals surface area (Å²) in [7, 11) is 0. The van der Waals surface area contributed by atoms with Gasteiger partial charge in [-0.1, -0.05) is 30.3 Å². The summed E-state index contributed by atoms with van der Waals surface area (Å²) in [6.07, 6.45) is 1.56. The number of benzene rings is 2. The third-order valence-corrected chi connectivity index (χ3v) is 4.13. The van der Waals surface area contributed by atoms with Crippen molar-refractivity contribution in [2.24, 2.45) is 0 Å². The number of hydrogen-bond acceptors (Lipinski definition) is 4. The minimum atomic E-state index is -0.452. The molecule has 0 amide bonds. The highest BCUT2D eigenvalue weighted by Gasteiger charge is 2.18. The molecule has 0 saturated heterocycles. The summed E-state index contributed by atoms with van der Waals surface area (Å²) in [6, 6.07) is 15.5. The van der Waals surface area contributed by atoms with Gasteiger partial charge in [-0.3, -0.25) is 4.79 Å². The normalized spacial score (nSPS) is 11.6. The van der Waals surface area contributed by atoms with Crippen LogP contribution in [-0.4, -0.2) is 21.8 Å². The lowest BCUT2D eigenvalue weighted by molar-refractivity contribution is 0.0944. The van der Waals surface area contributed by atoms with E-state index in [0.29, 0.717) is 17.0 Å². The Balaban J connectivity index is 2.18. The molecule has 0 unspecified atom stereocenters. The molecule has 0 fully saturated rings. The number of nitrogens with zero attached hydrogens (tertiary/aromatic N) is 3. The highest BCUT2D eigenvalue weighted by Crippen LogP contribution is 2.31. The van der Waals surface area contributed by atoms with Crippen molar-refractivity contribution in [2.75, 3.05) is 0 Å². The molecule has 5 heteroatoms. The molecule has 1 aromatic heterocycles. The minimum absolute atomic E-state index is 0.00570. The van der Waals surface area contributed by atoms with Crippen LogP contribution in [0, 0.1) is 25.2 Å². The minimum Gasteiger partial charge on any atom is -0.490 e. The van der Waals surface area contributed by atoms with Crippen molar-refractivity contribution in [1.82, 2.24) is 9.78 Å². The van der Waals surface area contributed by atoms with Gasteiger partial charge in [-0.05, 0) is 56.7 Å². The standard InChI is InChI=1S/C22H21N3O2/c1-14(2)27-21-10-9-17-7-5-6-8-19(17)20(21)12-18(13-23)22(26)25-16(4)11-15(3)24-25/h5-12,14H,1-4H3/b18-12+. The highest BCUT2D eigenvalue weighted by molar-refractivity contribution is 6.06. The second kappa shape index (κ2) is 7.46. The molecule has 0 aliphatic rings. The Morgan fingerprint density at radius 1 is 1.22 bits per heavy atom. The topological polar surface area (TPSA) is 67.9 Å². The predicted molar refractivity (Wildman–Crippen MR) is 106 cm³/mol. The van der Waals surface area contributed by atoms with E-state index in [4.69, 9.17) is 4.74 Å². The molecule has 27 heavy (non-hydrogen) atoms. The number of carbonyl (C=O) groups is 1. The lowest BCUT2D eigenvalue weighted by Gasteiger charge is -2.15. The van der Waals surface area contributed by atoms with Crippen LogP contribution in [0.3, 0.4) is 0 Å². The largest absolute Gasteiger partial charge is 0.490 e. The van der Waals surface area contributed by atoms with Crippen molar-refractivity contribution < 1.29 is 9.53 Å². The van der Waals surface area contributed by atoms with E-state index < -0.39 is 5.91 Å². The van der Waals surface area contributed by atoms with Crippen LogP contribution in [0.15, 0.2) is 48.0 Å². The van der Waals surface area contributed by atoms with Crippen molar-refractivity contribution in [2.45, 2.75) is 33.8 Å². The van der Waals surface area contributed by atoms with Crippen LogP contribution in [0.5, 0.6) is 5.75 Å². The average Bonchev–Trinajstić information content (AvgIpc) is 2.98. The Bertz CT molecular complexity index is 1080. The van der Waals surface area contributed by atoms with Gasteiger partial charge in [0.1, 0.15) is 17.4 Å². The Morgan fingerprint density at radius 2 is 1.96 bits per heavy atom. The summed E-state index contributed by atoms with van der Waals surface area (Å²) in [4.78, 5) is 12.9. The number of aryl methyl sites for hydroxylation is 2. The van der Waals surface area contributed by atoms with Crippen LogP contribution in [0.2, 0.25) is 0 Å². The van der Waals surface area contributed by atoms with E-state index in [1.165, 1.54) is 4.68 Å². The molecule has 0 spiro atoms. The molecule has 0 bridgehead atoms. The van der Waals surface area contributed by atoms with Crippen LogP contribution in [-0.2, 0) is 0 Å². The number of fused-ring (bicyclic) bond motifs is 1. The number of nitriles is 1. The van der Waals surface area contributed by atoms with Crippen molar-refractivity contribution in [3.05, 3.63) is 65.0 Å². The van der Waals surface area contributed by atoms with E-state index in [0.717, 1.165) is 16.5 Å². The fourth-order valence-corrected chi connectivity index (χ4v) is 3.02. The van der Waals surface area contributed by atoms with Crippen molar-refractivity contribution in [3.8, 4) is 11.8 Å². The zero-order valence-electron chi connectivity index (χ0n) is 15.9. The van der Waals surface area contributed by atoms with Crippen molar-refractivity contribution >= 4 is 22.8 Å². The van der Waals surface area contributed by atoms with Gasteiger partial charge in [0.2, 0.25) is 0 Å². The van der Waals surface area contributed by atoms with Crippen LogP contribution in [0.25, 0.3) is 16.8 Å². The number of ether oxygens (including phenoxy) is 1. The van der Waals surface area contributed by atoms with Crippen LogP contribution >= 0.6 is 0 Å². The molecule has 0 saturated carbocycles. The van der Waals surface area contributed by atoms with Crippen molar-refractivity contribution in [1.29, 1.82) is 5.26 Å². The molecule has 0 radical (unpaired) electrons. The molecular weight excluding hydrogens is 338 g/mol. The summed E-state index contributed by atoms with van der Waals surface area (Å²) in [5.41, 5.74) is 2.14. The fourth-order valence-electron chi connectivity index (χ4n) is 3.02. The molecule has 0 N–H and O–H groups in total. The number of allylic oxidation sites excluding steroid dienone is 1. The Morgan fingerprint density at radius 3 is 2.59 bits per heavy atom. The lowest BCUT2D eigenvalue weighted by atomic mass is 10.0. The monoisotopic (exact) mass is 359 g/mol. The van der Waals surface area contributed by atoms with Gasteiger partial charge in [0.25, 0.3) is 5.91 Å². The quantitative estimate of drug-likeness (QED) is 0.501. The predicted octanol–water partition coefficient (Wildman–Crippen LogP) is 4.69. The maximum absolute atomic E-state index is 12.9. The zero-order valence-corrected chi connectivity index (χ0v) is 15.9. The van der Waals surface area contributed by atoms with E-state index in [2.05, 4.69) is 5.10 Å². The number of aromatic nitrogens is 2. The molecule has 136 valence electrons.